The van der Waals surface area contributed by atoms with E-state index >= 15 is 0 Å². The van der Waals surface area contributed by atoms with Crippen LogP contribution in [0, 0.1) is 0 Å². The number of rotatable bonds is 1. The van der Waals surface area contributed by atoms with Gasteiger partial charge in [0.25, 0.3) is 11.8 Å². The molecule has 0 radical (unpaired) electrons. The van der Waals surface area contributed by atoms with Crippen molar-refractivity contribution >= 4 is 52.5 Å². The largest absolute Gasteiger partial charge is 0.440 e. The van der Waals surface area contributed by atoms with E-state index in [0.29, 0.717) is 11.6 Å². The summed E-state index contributed by atoms with van der Waals surface area (Å²) in [5.41, 5.74) is 6.37. The Balaban J connectivity index is 1.59. The van der Waals surface area contributed by atoms with Crippen LogP contribution in [0.1, 0.15) is 55.7 Å². The Morgan fingerprint density at radius 2 is 1.36 bits per heavy atom. The van der Waals surface area contributed by atoms with Crippen LogP contribution < -0.4 is 4.90 Å². The molecule has 7 heteroatoms. The summed E-state index contributed by atoms with van der Waals surface area (Å²) >= 11 is 5.22. The lowest BCUT2D eigenvalue weighted by Gasteiger charge is -2.47. The van der Waals surface area contributed by atoms with Gasteiger partial charge in [0.1, 0.15) is 11.3 Å². The quantitative estimate of drug-likeness (QED) is 0.248. The topological polar surface area (TPSA) is 57.0 Å². The molecule has 0 unspecified atom stereocenters. The zero-order valence-corrected chi connectivity index (χ0v) is 22.0. The normalized spacial score (nSPS) is 19.2. The Hall–Kier alpha value is -3.71. The van der Waals surface area contributed by atoms with Gasteiger partial charge in [-0.3, -0.25) is 24.3 Å². The summed E-state index contributed by atoms with van der Waals surface area (Å²) in [4.78, 5) is 30.7. The van der Waals surface area contributed by atoms with Crippen molar-refractivity contribution in [1.82, 2.24) is 9.80 Å². The molecule has 0 spiro atoms. The third-order valence-electron chi connectivity index (χ3n) is 7.96. The first-order valence-corrected chi connectivity index (χ1v) is 12.4. The van der Waals surface area contributed by atoms with E-state index in [2.05, 4.69) is 69.0 Å². The van der Waals surface area contributed by atoms with E-state index in [9.17, 15) is 9.59 Å². The first-order chi connectivity index (χ1) is 17.0. The van der Waals surface area contributed by atoms with Gasteiger partial charge in [-0.05, 0) is 47.1 Å². The Kier molecular flexibility index (Phi) is 4.53. The maximum Gasteiger partial charge on any atom is 0.265 e. The highest BCUT2D eigenvalue weighted by atomic mass is 32.1. The number of carbonyl (C=O) groups excluding carboxylic acids is 2. The van der Waals surface area contributed by atoms with Gasteiger partial charge >= 0.3 is 0 Å². The summed E-state index contributed by atoms with van der Waals surface area (Å²) in [6.07, 6.45) is 1.54. The summed E-state index contributed by atoms with van der Waals surface area (Å²) < 4.78 is 6.49. The van der Waals surface area contributed by atoms with Crippen molar-refractivity contribution in [2.24, 2.45) is 0 Å². The number of hydrogen-bond acceptors (Lipinski definition) is 5. The number of fused-ring (bicyclic) bond motifs is 4. The van der Waals surface area contributed by atoms with Gasteiger partial charge in [-0.2, -0.15) is 0 Å². The van der Waals surface area contributed by atoms with Crippen molar-refractivity contribution in [2.75, 3.05) is 19.0 Å². The zero-order chi connectivity index (χ0) is 25.7. The van der Waals surface area contributed by atoms with Crippen molar-refractivity contribution in [1.29, 1.82) is 0 Å². The van der Waals surface area contributed by atoms with E-state index in [4.69, 9.17) is 16.6 Å². The Bertz CT molecular complexity index is 1520. The third kappa shape index (κ3) is 2.75. The number of nitrogens with zero attached hydrogens (tertiary/aromatic N) is 3. The van der Waals surface area contributed by atoms with Gasteiger partial charge < -0.3 is 4.42 Å². The number of likely N-dealkylation sites (N-methyl/N-ethyl adjacent to an activating group) is 2. The van der Waals surface area contributed by atoms with Gasteiger partial charge in [-0.1, -0.05) is 64.1 Å². The summed E-state index contributed by atoms with van der Waals surface area (Å²) in [5, 5.41) is 0.178. The van der Waals surface area contributed by atoms with E-state index in [1.807, 2.05) is 12.1 Å². The molecule has 0 N–H and O–H groups in total. The minimum Gasteiger partial charge on any atom is -0.440 e. The number of furan rings is 1. The first-order valence-electron chi connectivity index (χ1n) is 12.0. The van der Waals surface area contributed by atoms with Gasteiger partial charge in [0, 0.05) is 30.5 Å². The van der Waals surface area contributed by atoms with Crippen LogP contribution in [0.25, 0.3) is 6.08 Å². The van der Waals surface area contributed by atoms with Gasteiger partial charge in [0.2, 0.25) is 5.88 Å². The van der Waals surface area contributed by atoms with E-state index in [0.717, 1.165) is 16.9 Å². The molecule has 0 aliphatic carbocycles. The van der Waals surface area contributed by atoms with Crippen molar-refractivity contribution in [3.63, 3.8) is 0 Å². The number of hydrogen-bond donors (Lipinski definition) is 0. The Morgan fingerprint density at radius 3 is 2.00 bits per heavy atom. The summed E-state index contributed by atoms with van der Waals surface area (Å²) in [7, 11) is 3.14. The van der Waals surface area contributed by atoms with Crippen LogP contribution in [0.3, 0.4) is 0 Å². The average Bonchev–Trinajstić information content (AvgIpc) is 3.29. The second-order valence-electron chi connectivity index (χ2n) is 10.7. The number of thiocarbonyl (C=S) groups is 1. The monoisotopic (exact) mass is 497 g/mol. The summed E-state index contributed by atoms with van der Waals surface area (Å²) in [6, 6.07) is 16.9. The lowest BCUT2D eigenvalue weighted by Crippen LogP contribution is -2.52. The molecule has 3 aromatic rings. The van der Waals surface area contributed by atoms with Crippen LogP contribution in [0.15, 0.2) is 58.5 Å². The molecule has 0 saturated carbocycles. The van der Waals surface area contributed by atoms with E-state index in [-0.39, 0.29) is 21.5 Å². The second kappa shape index (κ2) is 7.17. The molecule has 1 saturated heterocycles. The highest BCUT2D eigenvalue weighted by Crippen LogP contribution is 2.60. The maximum absolute atomic E-state index is 12.9. The fraction of sp³-hybridized carbons (Fsp3) is 0.276. The average molecular weight is 498 g/mol. The predicted octanol–water partition coefficient (Wildman–Crippen LogP) is 5.63. The molecular formula is C29H27N3O3S. The van der Waals surface area contributed by atoms with Crippen molar-refractivity contribution in [3.8, 4) is 0 Å². The highest BCUT2D eigenvalue weighted by molar-refractivity contribution is 7.80. The molecular weight excluding hydrogens is 470 g/mol. The van der Waals surface area contributed by atoms with Crippen LogP contribution in [0.2, 0.25) is 0 Å². The van der Waals surface area contributed by atoms with Crippen LogP contribution in [0.4, 0.5) is 17.3 Å². The lowest BCUT2D eigenvalue weighted by molar-refractivity contribution is -0.132. The number of para-hydroxylation sites is 2. The molecule has 6 rings (SSSR count). The second-order valence-corrected chi connectivity index (χ2v) is 11.1. The molecule has 3 aliphatic rings. The third-order valence-corrected chi connectivity index (χ3v) is 8.51. The van der Waals surface area contributed by atoms with Crippen LogP contribution in [0.5, 0.6) is 0 Å². The Morgan fingerprint density at radius 1 is 0.806 bits per heavy atom. The minimum atomic E-state index is -0.438. The number of anilines is 3. The Labute approximate surface area is 215 Å². The molecule has 2 amide bonds. The molecule has 1 fully saturated rings. The molecule has 0 bridgehead atoms. The van der Waals surface area contributed by atoms with Gasteiger partial charge in [-0.25, -0.2) is 0 Å². The van der Waals surface area contributed by atoms with Crippen molar-refractivity contribution in [3.05, 3.63) is 82.1 Å². The number of benzene rings is 2. The van der Waals surface area contributed by atoms with Gasteiger partial charge in [-0.15, -0.1) is 0 Å². The molecule has 182 valence electrons. The maximum atomic E-state index is 12.9. The minimum absolute atomic E-state index is 0.0240. The molecule has 6 nitrogen and oxygen atoms in total. The fourth-order valence-electron chi connectivity index (χ4n) is 5.81. The molecule has 36 heavy (non-hydrogen) atoms. The van der Waals surface area contributed by atoms with E-state index in [1.165, 1.54) is 26.5 Å². The molecule has 3 aliphatic heterocycles. The van der Waals surface area contributed by atoms with E-state index < -0.39 is 11.8 Å². The SMILES string of the molecule is CN1C(=O)C(=Cc2cc3c(o2)N2c4ccccc4C(C)(C)c4cccc(c42)C3(C)C)C(=O)N(C)C1=S. The standard InChI is InChI=1S/C29H27N3O3S/c1-28(2)18-10-7-8-13-22(18)32-23-19(28)11-9-12-20(23)29(3,4)21-15-16(35-26(21)32)14-17-24(33)30(5)27(36)31(6)25(17)34/h7-15H,1-6H3. The van der Waals surface area contributed by atoms with Crippen LogP contribution in [-0.4, -0.2) is 40.8 Å². The van der Waals surface area contributed by atoms with Gasteiger partial charge in [0.15, 0.2) is 5.11 Å². The van der Waals surface area contributed by atoms with Crippen LogP contribution in [-0.2, 0) is 20.4 Å². The van der Waals surface area contributed by atoms with Gasteiger partial charge in [0.05, 0.1) is 11.4 Å². The zero-order valence-electron chi connectivity index (χ0n) is 21.2. The number of amides is 2. The number of carbonyl (C=O) groups is 2. The molecule has 1 aromatic heterocycles. The summed E-state index contributed by atoms with van der Waals surface area (Å²) in [5.74, 6) is 0.290. The molecule has 4 heterocycles. The lowest BCUT2D eigenvalue weighted by atomic mass is 9.67. The predicted molar refractivity (Wildman–Crippen MR) is 144 cm³/mol. The van der Waals surface area contributed by atoms with E-state index in [1.54, 1.807) is 20.2 Å². The first kappa shape index (κ1) is 22.7. The fourth-order valence-corrected chi connectivity index (χ4v) is 5.98. The molecule has 2 aromatic carbocycles. The smallest absolute Gasteiger partial charge is 0.265 e. The highest BCUT2D eigenvalue weighted by Gasteiger charge is 2.47. The van der Waals surface area contributed by atoms with Crippen molar-refractivity contribution < 1.29 is 14.0 Å². The van der Waals surface area contributed by atoms with Crippen LogP contribution >= 0.6 is 12.2 Å². The molecule has 0 atom stereocenters. The summed E-state index contributed by atoms with van der Waals surface area (Å²) in [6.45, 7) is 8.90. The van der Waals surface area contributed by atoms with Crippen molar-refractivity contribution in [2.45, 2.75) is 38.5 Å².